The summed E-state index contributed by atoms with van der Waals surface area (Å²) in [6, 6.07) is 0.321. The van der Waals surface area contributed by atoms with E-state index in [-0.39, 0.29) is 18.1 Å². The first kappa shape index (κ1) is 19.1. The Kier molecular flexibility index (Phi) is 8.74. The normalized spacial score (nSPS) is 15.8. The van der Waals surface area contributed by atoms with Gasteiger partial charge in [-0.3, -0.25) is 4.90 Å². The third kappa shape index (κ3) is 6.53. The quantitative estimate of drug-likeness (QED) is 0.549. The molecular weight excluding hydrogens is 252 g/mol. The molecule has 0 saturated carbocycles. The zero-order valence-electron chi connectivity index (χ0n) is 14.1. The maximum atomic E-state index is 11.7. The molecule has 118 valence electrons. The van der Waals surface area contributed by atoms with Gasteiger partial charge in [-0.2, -0.15) is 0 Å². The highest BCUT2D eigenvalue weighted by atomic mass is 16.5. The third-order valence-corrected chi connectivity index (χ3v) is 3.57. The zero-order valence-corrected chi connectivity index (χ0v) is 14.1. The molecule has 0 fully saturated rings. The number of carbonyl (C=O) groups is 1. The molecule has 0 aliphatic heterocycles. The van der Waals surface area contributed by atoms with E-state index in [9.17, 15) is 4.79 Å². The van der Waals surface area contributed by atoms with Gasteiger partial charge in [0.1, 0.15) is 0 Å². The van der Waals surface area contributed by atoms with E-state index in [1.807, 2.05) is 19.9 Å². The molecule has 4 heteroatoms. The van der Waals surface area contributed by atoms with Crippen molar-refractivity contribution in [2.45, 2.75) is 53.6 Å². The summed E-state index contributed by atoms with van der Waals surface area (Å²) in [7, 11) is 2.06. The van der Waals surface area contributed by atoms with Gasteiger partial charge in [0, 0.05) is 24.2 Å². The number of carbonyl (C=O) groups excluding carboxylic acids is 1. The van der Waals surface area contributed by atoms with E-state index < -0.39 is 0 Å². The van der Waals surface area contributed by atoms with Crippen molar-refractivity contribution in [2.75, 3.05) is 20.2 Å². The number of nitrogens with two attached hydrogens (primary N) is 1. The monoisotopic (exact) mass is 284 g/mol. The Hall–Kier alpha value is -0.870. The standard InChI is InChI=1S/C16H32N2O2/c1-8-20-16(19)13(6)9-15(12(4)5)18(7)10-14(17)11(2)3/h9,11-12,14-15H,8,10,17H2,1-7H3/b13-9+/t14?,15-/m1/s1. The molecule has 0 aliphatic carbocycles. The number of hydrogen-bond donors (Lipinski definition) is 1. The lowest BCUT2D eigenvalue weighted by molar-refractivity contribution is -0.138. The van der Waals surface area contributed by atoms with Crippen LogP contribution in [0, 0.1) is 11.8 Å². The van der Waals surface area contributed by atoms with Gasteiger partial charge in [-0.05, 0) is 32.7 Å². The second kappa shape index (κ2) is 9.14. The first-order valence-electron chi connectivity index (χ1n) is 7.52. The fourth-order valence-corrected chi connectivity index (χ4v) is 2.06. The largest absolute Gasteiger partial charge is 0.463 e. The van der Waals surface area contributed by atoms with Crippen LogP contribution in [-0.4, -0.2) is 43.2 Å². The topological polar surface area (TPSA) is 55.6 Å². The van der Waals surface area contributed by atoms with E-state index in [4.69, 9.17) is 10.5 Å². The fraction of sp³-hybridized carbons (Fsp3) is 0.812. The van der Waals surface area contributed by atoms with Gasteiger partial charge in [-0.1, -0.05) is 33.8 Å². The number of nitrogens with zero attached hydrogens (tertiary/aromatic N) is 1. The van der Waals surface area contributed by atoms with Gasteiger partial charge in [-0.25, -0.2) is 4.79 Å². The maximum absolute atomic E-state index is 11.7. The predicted molar refractivity (Wildman–Crippen MR) is 84.5 cm³/mol. The number of likely N-dealkylation sites (N-methyl/N-ethyl adjacent to an activating group) is 1. The van der Waals surface area contributed by atoms with Crippen LogP contribution in [0.4, 0.5) is 0 Å². The Morgan fingerprint density at radius 3 is 2.20 bits per heavy atom. The van der Waals surface area contributed by atoms with Crippen molar-refractivity contribution in [3.8, 4) is 0 Å². The highest BCUT2D eigenvalue weighted by molar-refractivity contribution is 5.87. The average molecular weight is 284 g/mol. The molecule has 0 aromatic carbocycles. The maximum Gasteiger partial charge on any atom is 0.333 e. The Labute approximate surface area is 124 Å². The van der Waals surface area contributed by atoms with E-state index in [1.165, 1.54) is 0 Å². The van der Waals surface area contributed by atoms with Crippen molar-refractivity contribution in [1.82, 2.24) is 4.90 Å². The van der Waals surface area contributed by atoms with Crippen LogP contribution in [0.15, 0.2) is 11.6 Å². The molecular formula is C16H32N2O2. The van der Waals surface area contributed by atoms with Crippen molar-refractivity contribution in [3.63, 3.8) is 0 Å². The molecule has 0 rings (SSSR count). The summed E-state index contributed by atoms with van der Waals surface area (Å²) in [5, 5.41) is 0. The fourth-order valence-electron chi connectivity index (χ4n) is 2.06. The molecule has 0 aromatic rings. The molecule has 20 heavy (non-hydrogen) atoms. The lowest BCUT2D eigenvalue weighted by atomic mass is 9.98. The Bertz CT molecular complexity index is 324. The van der Waals surface area contributed by atoms with Gasteiger partial charge in [0.25, 0.3) is 0 Å². The molecule has 0 spiro atoms. The molecule has 0 amide bonds. The molecule has 1 unspecified atom stereocenters. The summed E-state index contributed by atoms with van der Waals surface area (Å²) >= 11 is 0. The van der Waals surface area contributed by atoms with Crippen LogP contribution in [0.25, 0.3) is 0 Å². The van der Waals surface area contributed by atoms with Crippen molar-refractivity contribution < 1.29 is 9.53 Å². The van der Waals surface area contributed by atoms with E-state index in [2.05, 4.69) is 39.6 Å². The molecule has 0 bridgehead atoms. The molecule has 2 atom stereocenters. The van der Waals surface area contributed by atoms with Crippen molar-refractivity contribution in [1.29, 1.82) is 0 Å². The smallest absolute Gasteiger partial charge is 0.333 e. The predicted octanol–water partition coefficient (Wildman–Crippen LogP) is 2.44. The lowest BCUT2D eigenvalue weighted by Gasteiger charge is -2.32. The highest BCUT2D eigenvalue weighted by Gasteiger charge is 2.21. The SMILES string of the molecule is CCOC(=O)/C(C)=C/[C@H](C(C)C)N(C)CC(N)C(C)C. The second-order valence-electron chi connectivity index (χ2n) is 6.15. The summed E-state index contributed by atoms with van der Waals surface area (Å²) in [5.74, 6) is 0.615. The van der Waals surface area contributed by atoms with Crippen LogP contribution in [0.1, 0.15) is 41.5 Å². The van der Waals surface area contributed by atoms with Crippen molar-refractivity contribution in [3.05, 3.63) is 11.6 Å². The van der Waals surface area contributed by atoms with E-state index in [1.54, 1.807) is 0 Å². The van der Waals surface area contributed by atoms with E-state index in [0.717, 1.165) is 6.54 Å². The van der Waals surface area contributed by atoms with Crippen LogP contribution in [0.5, 0.6) is 0 Å². The summed E-state index contributed by atoms with van der Waals surface area (Å²) in [6.07, 6.45) is 2.00. The second-order valence-corrected chi connectivity index (χ2v) is 6.15. The van der Waals surface area contributed by atoms with Crippen molar-refractivity contribution in [2.24, 2.45) is 17.6 Å². The van der Waals surface area contributed by atoms with Crippen LogP contribution >= 0.6 is 0 Å². The Morgan fingerprint density at radius 1 is 1.25 bits per heavy atom. The van der Waals surface area contributed by atoms with Crippen LogP contribution in [0.3, 0.4) is 0 Å². The average Bonchev–Trinajstić information content (AvgIpc) is 2.34. The first-order chi connectivity index (χ1) is 9.20. The molecule has 2 N–H and O–H groups in total. The molecule has 0 radical (unpaired) electrons. The van der Waals surface area contributed by atoms with Crippen LogP contribution < -0.4 is 5.73 Å². The number of hydrogen-bond acceptors (Lipinski definition) is 4. The molecule has 0 saturated heterocycles. The molecule has 4 nitrogen and oxygen atoms in total. The van der Waals surface area contributed by atoms with Crippen LogP contribution in [0.2, 0.25) is 0 Å². The van der Waals surface area contributed by atoms with E-state index in [0.29, 0.717) is 24.0 Å². The van der Waals surface area contributed by atoms with Gasteiger partial charge in [-0.15, -0.1) is 0 Å². The Morgan fingerprint density at radius 2 is 1.80 bits per heavy atom. The minimum absolute atomic E-state index is 0.137. The first-order valence-corrected chi connectivity index (χ1v) is 7.52. The van der Waals surface area contributed by atoms with Crippen LogP contribution in [-0.2, 0) is 9.53 Å². The van der Waals surface area contributed by atoms with Gasteiger partial charge < -0.3 is 10.5 Å². The summed E-state index contributed by atoms with van der Waals surface area (Å²) in [6.45, 7) is 13.4. The third-order valence-electron chi connectivity index (χ3n) is 3.57. The van der Waals surface area contributed by atoms with Gasteiger partial charge >= 0.3 is 5.97 Å². The molecule has 0 heterocycles. The van der Waals surface area contributed by atoms with Gasteiger partial charge in [0.2, 0.25) is 0 Å². The summed E-state index contributed by atoms with van der Waals surface area (Å²) in [4.78, 5) is 13.9. The number of ether oxygens (including phenoxy) is 1. The van der Waals surface area contributed by atoms with E-state index >= 15 is 0 Å². The van der Waals surface area contributed by atoms with Gasteiger partial charge in [0.05, 0.1) is 6.61 Å². The van der Waals surface area contributed by atoms with Gasteiger partial charge in [0.15, 0.2) is 0 Å². The summed E-state index contributed by atoms with van der Waals surface area (Å²) < 4.78 is 5.03. The minimum Gasteiger partial charge on any atom is -0.463 e. The highest BCUT2D eigenvalue weighted by Crippen LogP contribution is 2.15. The molecule has 0 aromatic heterocycles. The lowest BCUT2D eigenvalue weighted by Crippen LogP contribution is -2.44. The number of rotatable bonds is 8. The summed E-state index contributed by atoms with van der Waals surface area (Å²) in [5.41, 5.74) is 6.80. The number of esters is 1. The molecule has 0 aliphatic rings. The zero-order chi connectivity index (χ0) is 15.9. The van der Waals surface area contributed by atoms with Crippen molar-refractivity contribution >= 4 is 5.97 Å². The minimum atomic E-state index is -0.236. The Balaban J connectivity index is 4.88.